The van der Waals surface area contributed by atoms with E-state index in [0.29, 0.717) is 0 Å². The molecule has 1 amide bonds. The number of imidazole rings is 1. The zero-order chi connectivity index (χ0) is 18.8. The van der Waals surface area contributed by atoms with E-state index in [4.69, 9.17) is 10.1 Å². The summed E-state index contributed by atoms with van der Waals surface area (Å²) in [7, 11) is 0. The van der Waals surface area contributed by atoms with Gasteiger partial charge in [0, 0.05) is 31.1 Å². The molecule has 2 aromatic heterocycles. The molecule has 4 rings (SSSR count). The van der Waals surface area contributed by atoms with Crippen molar-refractivity contribution in [1.82, 2.24) is 19.9 Å². The Kier molecular flexibility index (Phi) is 5.11. The first-order chi connectivity index (χ1) is 13.1. The molecule has 0 spiro atoms. The highest BCUT2D eigenvalue weighted by atomic mass is 32.1. The number of nitrogens with zero attached hydrogens (tertiary/aromatic N) is 4. The summed E-state index contributed by atoms with van der Waals surface area (Å²) in [6.07, 6.45) is 4.73. The molecule has 7 heteroatoms. The summed E-state index contributed by atoms with van der Waals surface area (Å²) >= 11 is 1.61. The van der Waals surface area contributed by atoms with Crippen LogP contribution in [0.2, 0.25) is 0 Å². The zero-order valence-corrected chi connectivity index (χ0v) is 16.6. The van der Waals surface area contributed by atoms with Gasteiger partial charge < -0.3 is 10.2 Å². The molecule has 0 saturated carbocycles. The predicted octanol–water partition coefficient (Wildman–Crippen LogP) is 3.51. The van der Waals surface area contributed by atoms with Crippen molar-refractivity contribution in [3.05, 3.63) is 36.0 Å². The second kappa shape index (κ2) is 7.68. The molecule has 1 fully saturated rings. The van der Waals surface area contributed by atoms with Crippen LogP contribution < -0.4 is 10.2 Å². The second-order valence-corrected chi connectivity index (χ2v) is 8.09. The Balaban J connectivity index is 1.42. The molecule has 3 aromatic rings. The van der Waals surface area contributed by atoms with Gasteiger partial charge in [-0.2, -0.15) is 0 Å². The molecule has 1 aliphatic rings. The van der Waals surface area contributed by atoms with Gasteiger partial charge in [0.25, 0.3) is 0 Å². The van der Waals surface area contributed by atoms with E-state index in [9.17, 15) is 4.79 Å². The van der Waals surface area contributed by atoms with E-state index >= 15 is 0 Å². The van der Waals surface area contributed by atoms with E-state index in [1.54, 1.807) is 11.3 Å². The molecule has 1 aromatic carbocycles. The number of aromatic nitrogens is 3. The van der Waals surface area contributed by atoms with Crippen molar-refractivity contribution in [3.8, 4) is 11.3 Å². The molecule has 27 heavy (non-hydrogen) atoms. The van der Waals surface area contributed by atoms with Gasteiger partial charge in [0.1, 0.15) is 0 Å². The fraction of sp³-hybridized carbons (Fsp3) is 0.450. The first-order valence-corrected chi connectivity index (χ1v) is 10.4. The van der Waals surface area contributed by atoms with Crippen molar-refractivity contribution in [2.24, 2.45) is 5.92 Å². The molecule has 3 heterocycles. The largest absolute Gasteiger partial charge is 0.356 e. The molecule has 0 atom stereocenters. The Bertz CT molecular complexity index is 890. The smallest absolute Gasteiger partial charge is 0.223 e. The van der Waals surface area contributed by atoms with Crippen molar-refractivity contribution in [2.75, 3.05) is 24.5 Å². The third-order valence-electron chi connectivity index (χ3n) is 5.07. The lowest BCUT2D eigenvalue weighted by atomic mass is 9.96. The van der Waals surface area contributed by atoms with Crippen LogP contribution in [0.25, 0.3) is 16.2 Å². The molecule has 1 saturated heterocycles. The van der Waals surface area contributed by atoms with E-state index in [0.717, 1.165) is 60.2 Å². The Labute approximate surface area is 163 Å². The highest BCUT2D eigenvalue weighted by molar-refractivity contribution is 7.20. The SMILES string of the molecule is CCCNC(=O)C1CCN(c2nn3cc(-c4ccc(C)cc4)nc3s2)CC1. The van der Waals surface area contributed by atoms with Gasteiger partial charge in [-0.25, -0.2) is 9.50 Å². The minimum atomic E-state index is 0.130. The summed E-state index contributed by atoms with van der Waals surface area (Å²) in [4.78, 5) is 20.0. The van der Waals surface area contributed by atoms with Crippen molar-refractivity contribution in [3.63, 3.8) is 0 Å². The second-order valence-electron chi connectivity index (χ2n) is 7.16. The van der Waals surface area contributed by atoms with Gasteiger partial charge in [0.05, 0.1) is 11.9 Å². The molecule has 0 radical (unpaired) electrons. The maximum absolute atomic E-state index is 12.1. The summed E-state index contributed by atoms with van der Waals surface area (Å²) in [6, 6.07) is 8.39. The van der Waals surface area contributed by atoms with Gasteiger partial charge in [-0.15, -0.1) is 5.10 Å². The Morgan fingerprint density at radius 1 is 1.26 bits per heavy atom. The van der Waals surface area contributed by atoms with Crippen LogP contribution in [0.15, 0.2) is 30.5 Å². The normalized spacial score (nSPS) is 15.4. The minimum Gasteiger partial charge on any atom is -0.356 e. The van der Waals surface area contributed by atoms with Gasteiger partial charge in [-0.3, -0.25) is 4.79 Å². The highest BCUT2D eigenvalue weighted by Crippen LogP contribution is 2.29. The standard InChI is InChI=1S/C20H25N5OS/c1-3-10-21-18(26)16-8-11-24(12-9-16)20-23-25-13-17(22-19(25)27-20)15-6-4-14(2)5-7-15/h4-7,13,16H,3,8-12H2,1-2H3,(H,21,26). The Morgan fingerprint density at radius 2 is 2.00 bits per heavy atom. The summed E-state index contributed by atoms with van der Waals surface area (Å²) in [6.45, 7) is 6.66. The zero-order valence-electron chi connectivity index (χ0n) is 15.8. The highest BCUT2D eigenvalue weighted by Gasteiger charge is 2.26. The van der Waals surface area contributed by atoms with E-state index < -0.39 is 0 Å². The number of carbonyl (C=O) groups excluding carboxylic acids is 1. The number of fused-ring (bicyclic) bond motifs is 1. The van der Waals surface area contributed by atoms with Crippen LogP contribution >= 0.6 is 11.3 Å². The molecule has 0 unspecified atom stereocenters. The van der Waals surface area contributed by atoms with Gasteiger partial charge in [-0.1, -0.05) is 48.1 Å². The summed E-state index contributed by atoms with van der Waals surface area (Å²) in [5, 5.41) is 8.72. The average Bonchev–Trinajstić information content (AvgIpc) is 3.26. The third-order valence-corrected chi connectivity index (χ3v) is 6.05. The molecule has 0 bridgehead atoms. The fourth-order valence-electron chi connectivity index (χ4n) is 3.41. The third kappa shape index (κ3) is 3.83. The van der Waals surface area contributed by atoms with Crippen LogP contribution in [-0.4, -0.2) is 40.1 Å². The summed E-state index contributed by atoms with van der Waals surface area (Å²) in [5.74, 6) is 0.332. The maximum Gasteiger partial charge on any atom is 0.223 e. The molecule has 0 aliphatic carbocycles. The first kappa shape index (κ1) is 18.0. The minimum absolute atomic E-state index is 0.130. The molecular formula is C20H25N5OS. The lowest BCUT2D eigenvalue weighted by Gasteiger charge is -2.30. The number of hydrogen-bond acceptors (Lipinski definition) is 5. The number of nitrogens with one attached hydrogen (secondary N) is 1. The van der Waals surface area contributed by atoms with Crippen molar-refractivity contribution < 1.29 is 4.79 Å². The Morgan fingerprint density at radius 3 is 2.67 bits per heavy atom. The molecule has 1 N–H and O–H groups in total. The molecule has 142 valence electrons. The van der Waals surface area contributed by atoms with E-state index in [2.05, 4.69) is 48.3 Å². The van der Waals surface area contributed by atoms with Crippen LogP contribution in [0.4, 0.5) is 5.13 Å². The van der Waals surface area contributed by atoms with E-state index in [-0.39, 0.29) is 11.8 Å². The van der Waals surface area contributed by atoms with Gasteiger partial charge in [-0.05, 0) is 26.2 Å². The Hall–Kier alpha value is -2.41. The van der Waals surface area contributed by atoms with Crippen LogP contribution in [0.5, 0.6) is 0 Å². The van der Waals surface area contributed by atoms with Gasteiger partial charge in [0.2, 0.25) is 16.0 Å². The number of amides is 1. The van der Waals surface area contributed by atoms with Crippen LogP contribution in [0.1, 0.15) is 31.7 Å². The number of carbonyl (C=O) groups is 1. The number of hydrogen-bond donors (Lipinski definition) is 1. The summed E-state index contributed by atoms with van der Waals surface area (Å²) in [5.41, 5.74) is 3.30. The monoisotopic (exact) mass is 383 g/mol. The molecule has 1 aliphatic heterocycles. The first-order valence-electron chi connectivity index (χ1n) is 9.60. The van der Waals surface area contributed by atoms with Gasteiger partial charge in [0.15, 0.2) is 0 Å². The fourth-order valence-corrected chi connectivity index (χ4v) is 4.34. The number of benzene rings is 1. The van der Waals surface area contributed by atoms with Crippen LogP contribution in [0, 0.1) is 12.8 Å². The number of aryl methyl sites for hydroxylation is 1. The van der Waals surface area contributed by atoms with Crippen molar-refractivity contribution >= 4 is 27.3 Å². The van der Waals surface area contributed by atoms with Crippen molar-refractivity contribution in [2.45, 2.75) is 33.1 Å². The predicted molar refractivity (Wildman–Crippen MR) is 109 cm³/mol. The number of anilines is 1. The van der Waals surface area contributed by atoms with E-state index in [1.807, 2.05) is 10.7 Å². The topological polar surface area (TPSA) is 62.5 Å². The number of piperidine rings is 1. The molecular weight excluding hydrogens is 358 g/mol. The van der Waals surface area contributed by atoms with Gasteiger partial charge >= 0.3 is 0 Å². The lowest BCUT2D eigenvalue weighted by Crippen LogP contribution is -2.40. The lowest BCUT2D eigenvalue weighted by molar-refractivity contribution is -0.125. The van der Waals surface area contributed by atoms with E-state index in [1.165, 1.54) is 5.56 Å². The van der Waals surface area contributed by atoms with Crippen molar-refractivity contribution in [1.29, 1.82) is 0 Å². The summed E-state index contributed by atoms with van der Waals surface area (Å²) < 4.78 is 1.87. The average molecular weight is 384 g/mol. The van der Waals surface area contributed by atoms with Crippen LogP contribution in [-0.2, 0) is 4.79 Å². The number of rotatable bonds is 5. The van der Waals surface area contributed by atoms with Crippen LogP contribution in [0.3, 0.4) is 0 Å². The quantitative estimate of drug-likeness (QED) is 0.732. The maximum atomic E-state index is 12.1. The molecule has 6 nitrogen and oxygen atoms in total.